The molecule has 1 saturated heterocycles. The van der Waals surface area contributed by atoms with Crippen LogP contribution in [-0.4, -0.2) is 59.1 Å². The Morgan fingerprint density at radius 1 is 1.31 bits per heavy atom. The zero-order chi connectivity index (χ0) is 23.3. The van der Waals surface area contributed by atoms with E-state index in [1.165, 1.54) is 12.3 Å². The molecule has 3 rings (SSSR count). The Bertz CT molecular complexity index is 937. The average molecular weight is 446 g/mol. The second-order valence-corrected chi connectivity index (χ2v) is 9.31. The summed E-state index contributed by atoms with van der Waals surface area (Å²) < 4.78 is 25.0. The second kappa shape index (κ2) is 10.1. The molecule has 32 heavy (non-hydrogen) atoms. The minimum atomic E-state index is -0.536. The first-order valence-electron chi connectivity index (χ1n) is 11.0. The molecule has 2 heterocycles. The van der Waals surface area contributed by atoms with Crippen LogP contribution in [0.3, 0.4) is 0 Å². The zero-order valence-electron chi connectivity index (χ0n) is 19.3. The predicted molar refractivity (Wildman–Crippen MR) is 118 cm³/mol. The van der Waals surface area contributed by atoms with Crippen molar-refractivity contribution < 1.29 is 23.1 Å². The molecular weight excluding hydrogens is 413 g/mol. The van der Waals surface area contributed by atoms with Crippen LogP contribution in [0.1, 0.15) is 45.9 Å². The summed E-state index contributed by atoms with van der Waals surface area (Å²) in [6, 6.07) is 6.35. The van der Waals surface area contributed by atoms with Gasteiger partial charge in [-0.15, -0.1) is 0 Å². The number of aromatic nitrogens is 1. The van der Waals surface area contributed by atoms with Crippen molar-refractivity contribution in [2.24, 2.45) is 5.92 Å². The number of hydrogen-bond acceptors (Lipinski definition) is 5. The molecule has 0 N–H and O–H groups in total. The highest BCUT2D eigenvalue weighted by molar-refractivity contribution is 5.76. The van der Waals surface area contributed by atoms with Gasteiger partial charge in [0.15, 0.2) is 11.7 Å². The fraction of sp³-hybridized carbons (Fsp3) is 0.542. The molecule has 1 aliphatic heterocycles. The number of ether oxygens (including phenoxy) is 1. The quantitative estimate of drug-likeness (QED) is 0.654. The van der Waals surface area contributed by atoms with Crippen molar-refractivity contribution in [3.63, 3.8) is 0 Å². The zero-order valence-corrected chi connectivity index (χ0v) is 19.3. The number of carbonyl (C=O) groups excluding carboxylic acids is 2. The van der Waals surface area contributed by atoms with E-state index < -0.39 is 5.60 Å². The maximum atomic E-state index is 13.9. The second-order valence-electron chi connectivity index (χ2n) is 9.31. The summed E-state index contributed by atoms with van der Waals surface area (Å²) in [5.74, 6) is 0.630. The highest BCUT2D eigenvalue weighted by Crippen LogP contribution is 2.24. The molecule has 0 radical (unpaired) electrons. The van der Waals surface area contributed by atoms with Crippen molar-refractivity contribution in [3.05, 3.63) is 42.2 Å². The largest absolute Gasteiger partial charge is 0.444 e. The Balaban J connectivity index is 1.49. The summed E-state index contributed by atoms with van der Waals surface area (Å²) in [6.45, 7) is 7.38. The molecule has 7 nitrogen and oxygen atoms in total. The first kappa shape index (κ1) is 23.8. The fourth-order valence-electron chi connectivity index (χ4n) is 3.83. The van der Waals surface area contributed by atoms with Gasteiger partial charge in [0, 0.05) is 39.5 Å². The normalized spacial score (nSPS) is 16.7. The van der Waals surface area contributed by atoms with Crippen molar-refractivity contribution in [1.82, 2.24) is 14.8 Å². The summed E-state index contributed by atoms with van der Waals surface area (Å²) in [5, 5.41) is 0. The number of aryl methyl sites for hydroxylation is 1. The van der Waals surface area contributed by atoms with Gasteiger partial charge in [-0.25, -0.2) is 14.2 Å². The lowest BCUT2D eigenvalue weighted by molar-refractivity contribution is -0.133. The lowest BCUT2D eigenvalue weighted by Crippen LogP contribution is -2.45. The Hall–Kier alpha value is -2.90. The first-order valence-corrected chi connectivity index (χ1v) is 11.0. The number of benzene rings is 1. The number of rotatable bonds is 6. The van der Waals surface area contributed by atoms with Crippen LogP contribution in [0.5, 0.6) is 0 Å². The van der Waals surface area contributed by atoms with Crippen LogP contribution < -0.4 is 0 Å². The van der Waals surface area contributed by atoms with Gasteiger partial charge < -0.3 is 19.0 Å². The predicted octanol–water partition coefficient (Wildman–Crippen LogP) is 4.52. The molecule has 0 spiro atoms. The molecule has 1 aromatic heterocycles. The molecule has 1 aliphatic rings. The third kappa shape index (κ3) is 6.55. The Morgan fingerprint density at radius 3 is 2.78 bits per heavy atom. The van der Waals surface area contributed by atoms with Gasteiger partial charge in [0.05, 0.1) is 11.8 Å². The maximum Gasteiger partial charge on any atom is 0.410 e. The summed E-state index contributed by atoms with van der Waals surface area (Å²) in [6.07, 6.45) is 3.62. The van der Waals surface area contributed by atoms with Crippen molar-refractivity contribution in [2.45, 2.75) is 52.1 Å². The monoisotopic (exact) mass is 445 g/mol. The number of carbonyl (C=O) groups is 2. The average Bonchev–Trinajstić information content (AvgIpc) is 3.20. The van der Waals surface area contributed by atoms with Gasteiger partial charge in [-0.1, -0.05) is 12.1 Å². The number of amides is 2. The number of nitrogens with zero attached hydrogens (tertiary/aromatic N) is 3. The molecular formula is C24H32FN3O4. The molecule has 174 valence electrons. The lowest BCUT2D eigenvalue weighted by atomic mass is 9.97. The van der Waals surface area contributed by atoms with E-state index in [9.17, 15) is 14.0 Å². The van der Waals surface area contributed by atoms with E-state index in [0.717, 1.165) is 12.8 Å². The smallest absolute Gasteiger partial charge is 0.410 e. The molecule has 0 saturated carbocycles. The molecule has 1 atom stereocenters. The fourth-order valence-corrected chi connectivity index (χ4v) is 3.83. The van der Waals surface area contributed by atoms with Gasteiger partial charge in [-0.2, -0.15) is 0 Å². The van der Waals surface area contributed by atoms with Crippen LogP contribution in [0.2, 0.25) is 0 Å². The number of piperidine rings is 1. The minimum absolute atomic E-state index is 0.0280. The van der Waals surface area contributed by atoms with Crippen molar-refractivity contribution in [2.75, 3.05) is 26.7 Å². The highest BCUT2D eigenvalue weighted by atomic mass is 19.1. The summed E-state index contributed by atoms with van der Waals surface area (Å²) in [7, 11) is 1.73. The van der Waals surface area contributed by atoms with E-state index in [1.807, 2.05) is 25.7 Å². The molecule has 8 heteroatoms. The number of oxazole rings is 1. The standard InChI is InChI=1S/C24H32FN3O4/c1-24(2,3)32-23(30)27(4)15-17-8-7-13-28(16-17)22(29)12-11-21-26-14-20(31-21)18-9-5-6-10-19(18)25/h5-6,9-10,14,17H,7-8,11-13,15-16H2,1-4H3. The van der Waals surface area contributed by atoms with Crippen LogP contribution in [0, 0.1) is 11.7 Å². The van der Waals surface area contributed by atoms with Crippen LogP contribution in [-0.2, 0) is 16.0 Å². The summed E-state index contributed by atoms with van der Waals surface area (Å²) >= 11 is 0. The number of likely N-dealkylation sites (tertiary alicyclic amines) is 1. The van der Waals surface area contributed by atoms with E-state index in [4.69, 9.17) is 9.15 Å². The molecule has 1 fully saturated rings. The molecule has 0 aliphatic carbocycles. The number of halogens is 1. The van der Waals surface area contributed by atoms with Crippen LogP contribution >= 0.6 is 0 Å². The van der Waals surface area contributed by atoms with E-state index >= 15 is 0 Å². The van der Waals surface area contributed by atoms with Crippen LogP contribution in [0.15, 0.2) is 34.9 Å². The van der Waals surface area contributed by atoms with Crippen LogP contribution in [0.25, 0.3) is 11.3 Å². The highest BCUT2D eigenvalue weighted by Gasteiger charge is 2.27. The van der Waals surface area contributed by atoms with Gasteiger partial charge in [-0.05, 0) is 51.7 Å². The third-order valence-electron chi connectivity index (χ3n) is 5.35. The van der Waals surface area contributed by atoms with E-state index in [0.29, 0.717) is 43.3 Å². The van der Waals surface area contributed by atoms with Gasteiger partial charge in [0.1, 0.15) is 11.4 Å². The van der Waals surface area contributed by atoms with Crippen molar-refractivity contribution >= 4 is 12.0 Å². The van der Waals surface area contributed by atoms with E-state index in [1.54, 1.807) is 30.1 Å². The van der Waals surface area contributed by atoms with E-state index in [2.05, 4.69) is 4.98 Å². The molecule has 1 aromatic carbocycles. The topological polar surface area (TPSA) is 75.9 Å². The molecule has 1 unspecified atom stereocenters. The van der Waals surface area contributed by atoms with Gasteiger partial charge in [-0.3, -0.25) is 4.79 Å². The van der Waals surface area contributed by atoms with Gasteiger partial charge >= 0.3 is 6.09 Å². The molecule has 2 aromatic rings. The van der Waals surface area contributed by atoms with E-state index in [-0.39, 0.29) is 30.2 Å². The van der Waals surface area contributed by atoms with Gasteiger partial charge in [0.2, 0.25) is 5.91 Å². The van der Waals surface area contributed by atoms with Gasteiger partial charge in [0.25, 0.3) is 0 Å². The molecule has 0 bridgehead atoms. The minimum Gasteiger partial charge on any atom is -0.444 e. The summed E-state index contributed by atoms with van der Waals surface area (Å²) in [5.41, 5.74) is -0.183. The Kier molecular flexibility index (Phi) is 7.53. The maximum absolute atomic E-state index is 13.9. The van der Waals surface area contributed by atoms with Crippen molar-refractivity contribution in [3.8, 4) is 11.3 Å². The number of hydrogen-bond donors (Lipinski definition) is 0. The Labute approximate surface area is 188 Å². The van der Waals surface area contributed by atoms with Crippen LogP contribution in [0.4, 0.5) is 9.18 Å². The SMILES string of the molecule is CN(CC1CCCN(C(=O)CCc2ncc(-c3ccccc3F)o2)C1)C(=O)OC(C)(C)C. The first-order chi connectivity index (χ1) is 15.1. The lowest BCUT2D eigenvalue weighted by Gasteiger charge is -2.35. The molecule has 2 amide bonds. The third-order valence-corrected chi connectivity index (χ3v) is 5.35. The Morgan fingerprint density at radius 2 is 2.06 bits per heavy atom. The van der Waals surface area contributed by atoms with Crippen molar-refractivity contribution in [1.29, 1.82) is 0 Å². The summed E-state index contributed by atoms with van der Waals surface area (Å²) in [4.78, 5) is 32.6.